The van der Waals surface area contributed by atoms with Crippen LogP contribution in [0, 0.1) is 0 Å². The van der Waals surface area contributed by atoms with Crippen LogP contribution in [0.2, 0.25) is 0 Å². The van der Waals surface area contributed by atoms with Gasteiger partial charge >= 0.3 is 5.97 Å². The van der Waals surface area contributed by atoms with Gasteiger partial charge in [-0.15, -0.1) is 6.58 Å². The van der Waals surface area contributed by atoms with E-state index in [9.17, 15) is 9.90 Å². The first-order valence-corrected chi connectivity index (χ1v) is 10.1. The van der Waals surface area contributed by atoms with Gasteiger partial charge in [-0.1, -0.05) is 55.4 Å². The van der Waals surface area contributed by atoms with Gasteiger partial charge in [-0.05, 0) is 24.8 Å². The molecule has 4 atom stereocenters. The number of aliphatic hydroxyl groups is 1. The van der Waals surface area contributed by atoms with Gasteiger partial charge in [-0.25, -0.2) is 0 Å². The maximum Gasteiger partial charge on any atom is 0.303 e. The number of ether oxygens (including phenoxy) is 2. The largest absolute Gasteiger partial charge is 0.481 e. The second-order valence-corrected chi connectivity index (χ2v) is 6.97. The van der Waals surface area contributed by atoms with Crippen molar-refractivity contribution in [2.75, 3.05) is 13.2 Å². The van der Waals surface area contributed by atoms with E-state index in [1.165, 1.54) is 0 Å². The zero-order chi connectivity index (χ0) is 20.6. The molecule has 1 aliphatic rings. The summed E-state index contributed by atoms with van der Waals surface area (Å²) < 4.78 is 11.4. The molecule has 0 aromatic carbocycles. The Balaban J connectivity index is 2.24. The molecule has 8 heteroatoms. The third-order valence-electron chi connectivity index (χ3n) is 4.69. The molecular formula is C20H33N3O5. The minimum Gasteiger partial charge on any atom is -0.481 e. The standard InChI is InChI=1S/C20H33N3O5/c1-2-14-27-20-16(28-17(19(20)26)15-22-23-21)12-10-8-6-4-3-5-7-9-11-13-18(24)25/h2,10,12,16-17,19-20,26H,1,3-9,11,13-15H2,(H,24,25)/b12-10+/t16-,17+,19+,20+/m0/s1. The summed E-state index contributed by atoms with van der Waals surface area (Å²) in [6.07, 6.45) is 11.8. The lowest BCUT2D eigenvalue weighted by atomic mass is 10.1. The fourth-order valence-electron chi connectivity index (χ4n) is 3.21. The predicted molar refractivity (Wildman–Crippen MR) is 107 cm³/mol. The Morgan fingerprint density at radius 2 is 1.89 bits per heavy atom. The summed E-state index contributed by atoms with van der Waals surface area (Å²) in [6, 6.07) is 0. The summed E-state index contributed by atoms with van der Waals surface area (Å²) in [5, 5.41) is 22.4. The normalized spacial score (nSPS) is 24.3. The van der Waals surface area contributed by atoms with Crippen LogP contribution in [-0.4, -0.2) is 53.7 Å². The first kappa shape index (κ1) is 24.2. The van der Waals surface area contributed by atoms with Gasteiger partial charge in [0, 0.05) is 11.3 Å². The van der Waals surface area contributed by atoms with Crippen molar-refractivity contribution in [2.24, 2.45) is 5.11 Å². The first-order valence-electron chi connectivity index (χ1n) is 10.1. The summed E-state index contributed by atoms with van der Waals surface area (Å²) in [6.45, 7) is 4.00. The molecule has 0 aromatic rings. The predicted octanol–water partition coefficient (Wildman–Crippen LogP) is 4.15. The van der Waals surface area contributed by atoms with Crippen LogP contribution in [0.4, 0.5) is 0 Å². The van der Waals surface area contributed by atoms with E-state index in [0.717, 1.165) is 51.4 Å². The molecule has 2 N–H and O–H groups in total. The number of nitrogens with zero attached hydrogens (tertiary/aromatic N) is 3. The molecule has 0 spiro atoms. The van der Waals surface area contributed by atoms with Gasteiger partial charge in [0.25, 0.3) is 0 Å². The van der Waals surface area contributed by atoms with Crippen molar-refractivity contribution in [3.05, 3.63) is 35.2 Å². The van der Waals surface area contributed by atoms with Gasteiger partial charge in [-0.2, -0.15) is 0 Å². The Kier molecular flexibility index (Phi) is 13.0. The number of hydrogen-bond acceptors (Lipinski definition) is 5. The molecule has 1 fully saturated rings. The smallest absolute Gasteiger partial charge is 0.303 e. The average Bonchev–Trinajstić information content (AvgIpc) is 2.97. The van der Waals surface area contributed by atoms with E-state index < -0.39 is 24.3 Å². The van der Waals surface area contributed by atoms with Gasteiger partial charge in [0.05, 0.1) is 19.3 Å². The van der Waals surface area contributed by atoms with E-state index in [0.29, 0.717) is 6.61 Å². The highest BCUT2D eigenvalue weighted by atomic mass is 16.6. The van der Waals surface area contributed by atoms with Gasteiger partial charge < -0.3 is 19.7 Å². The van der Waals surface area contributed by atoms with Crippen molar-refractivity contribution < 1.29 is 24.5 Å². The second-order valence-electron chi connectivity index (χ2n) is 6.97. The summed E-state index contributed by atoms with van der Waals surface area (Å²) in [5.74, 6) is -0.716. The Labute approximate surface area is 166 Å². The molecule has 0 aliphatic carbocycles. The van der Waals surface area contributed by atoms with E-state index in [1.807, 2.05) is 12.2 Å². The lowest BCUT2D eigenvalue weighted by Gasteiger charge is -2.18. The zero-order valence-electron chi connectivity index (χ0n) is 16.5. The third-order valence-corrected chi connectivity index (χ3v) is 4.69. The van der Waals surface area contributed by atoms with E-state index in [-0.39, 0.29) is 19.1 Å². The maximum atomic E-state index is 10.4. The fraction of sp³-hybridized carbons (Fsp3) is 0.750. The Bertz CT molecular complexity index is 534. The molecule has 28 heavy (non-hydrogen) atoms. The van der Waals surface area contributed by atoms with Crippen LogP contribution >= 0.6 is 0 Å². The average molecular weight is 396 g/mol. The van der Waals surface area contributed by atoms with Crippen LogP contribution < -0.4 is 0 Å². The summed E-state index contributed by atoms with van der Waals surface area (Å²) >= 11 is 0. The van der Waals surface area contributed by atoms with Crippen LogP contribution in [0.1, 0.15) is 57.8 Å². The molecule has 1 aliphatic heterocycles. The minimum absolute atomic E-state index is 0.0718. The number of carboxylic acid groups (broad SMARTS) is 1. The quantitative estimate of drug-likeness (QED) is 0.133. The third kappa shape index (κ3) is 9.90. The van der Waals surface area contributed by atoms with Crippen LogP contribution in [0.25, 0.3) is 10.4 Å². The molecule has 0 unspecified atom stereocenters. The molecule has 0 saturated carbocycles. The highest BCUT2D eigenvalue weighted by Gasteiger charge is 2.42. The molecule has 158 valence electrons. The van der Waals surface area contributed by atoms with Crippen molar-refractivity contribution in [3.63, 3.8) is 0 Å². The Hall–Kier alpha value is -1.86. The van der Waals surface area contributed by atoms with Gasteiger partial charge in [0.15, 0.2) is 0 Å². The maximum absolute atomic E-state index is 10.4. The summed E-state index contributed by atoms with van der Waals surface area (Å²) in [5.41, 5.74) is 8.45. The molecule has 0 amide bonds. The number of allylic oxidation sites excluding steroid dienone is 1. The highest BCUT2D eigenvalue weighted by Crippen LogP contribution is 2.26. The topological polar surface area (TPSA) is 125 Å². The number of hydrogen-bond donors (Lipinski definition) is 2. The molecule has 0 bridgehead atoms. The number of carbonyl (C=O) groups is 1. The van der Waals surface area contributed by atoms with Gasteiger partial charge in [0.1, 0.15) is 18.3 Å². The van der Waals surface area contributed by atoms with Crippen molar-refractivity contribution in [2.45, 2.75) is 82.2 Å². The molecule has 0 aromatic heterocycles. The molecule has 1 rings (SSSR count). The Morgan fingerprint density at radius 3 is 2.54 bits per heavy atom. The van der Waals surface area contributed by atoms with Gasteiger partial charge in [-0.3, -0.25) is 4.79 Å². The fourth-order valence-corrected chi connectivity index (χ4v) is 3.21. The number of unbranched alkanes of at least 4 members (excludes halogenated alkanes) is 7. The van der Waals surface area contributed by atoms with Gasteiger partial charge in [0.2, 0.25) is 0 Å². The van der Waals surface area contributed by atoms with E-state index in [4.69, 9.17) is 20.1 Å². The molecule has 1 heterocycles. The molecule has 1 saturated heterocycles. The number of aliphatic carboxylic acids is 1. The van der Waals surface area contributed by atoms with Crippen LogP contribution in [-0.2, 0) is 14.3 Å². The van der Waals surface area contributed by atoms with Crippen LogP contribution in [0.15, 0.2) is 29.9 Å². The number of aliphatic hydroxyl groups excluding tert-OH is 1. The van der Waals surface area contributed by atoms with E-state index in [2.05, 4.69) is 16.6 Å². The number of azide groups is 1. The highest BCUT2D eigenvalue weighted by molar-refractivity contribution is 5.66. The SMILES string of the molecule is C=CCO[C@H]1[C@H](O)[C@@H](CN=[N+]=[N-])O[C@H]1/C=C/CCCCCCCCCC(=O)O. The lowest BCUT2D eigenvalue weighted by molar-refractivity contribution is -0.137. The summed E-state index contributed by atoms with van der Waals surface area (Å²) in [7, 11) is 0. The van der Waals surface area contributed by atoms with Crippen molar-refractivity contribution >= 4 is 5.97 Å². The van der Waals surface area contributed by atoms with Crippen molar-refractivity contribution in [3.8, 4) is 0 Å². The minimum atomic E-state index is -0.846. The molecular weight excluding hydrogens is 362 g/mol. The number of carboxylic acids is 1. The second kappa shape index (κ2) is 15.1. The van der Waals surface area contributed by atoms with E-state index in [1.54, 1.807) is 6.08 Å². The first-order chi connectivity index (χ1) is 13.6. The monoisotopic (exact) mass is 395 g/mol. The zero-order valence-corrected chi connectivity index (χ0v) is 16.5. The summed E-state index contributed by atoms with van der Waals surface area (Å²) in [4.78, 5) is 13.1. The lowest BCUT2D eigenvalue weighted by Crippen LogP contribution is -2.35. The molecule has 8 nitrogen and oxygen atoms in total. The Morgan fingerprint density at radius 1 is 1.21 bits per heavy atom. The van der Waals surface area contributed by atoms with E-state index >= 15 is 0 Å². The number of rotatable bonds is 16. The van der Waals surface area contributed by atoms with Crippen LogP contribution in [0.3, 0.4) is 0 Å². The molecule has 0 radical (unpaired) electrons. The van der Waals surface area contributed by atoms with Crippen molar-refractivity contribution in [1.82, 2.24) is 0 Å². The van der Waals surface area contributed by atoms with Crippen molar-refractivity contribution in [1.29, 1.82) is 0 Å². The van der Waals surface area contributed by atoms with Crippen LogP contribution in [0.5, 0.6) is 0 Å².